The Morgan fingerprint density at radius 3 is 2.30 bits per heavy atom. The first-order valence-electron chi connectivity index (χ1n) is 6.91. The summed E-state index contributed by atoms with van der Waals surface area (Å²) in [6.45, 7) is 1.86. The van der Waals surface area contributed by atoms with Gasteiger partial charge in [0, 0.05) is 17.3 Å². The summed E-state index contributed by atoms with van der Waals surface area (Å²) in [6, 6.07) is 9.74. The molecular formula is C17H13F2N3O. The molecule has 0 aliphatic rings. The van der Waals surface area contributed by atoms with Crippen LogP contribution in [0, 0.1) is 18.6 Å². The van der Waals surface area contributed by atoms with Gasteiger partial charge in [-0.3, -0.25) is 4.79 Å². The number of nitrogens with one attached hydrogen (secondary N) is 2. The Balaban J connectivity index is 1.76. The van der Waals surface area contributed by atoms with E-state index >= 15 is 0 Å². The number of hydrogen-bond donors (Lipinski definition) is 2. The molecule has 116 valence electrons. The number of carbonyl (C=O) groups excluding carboxylic acids is 1. The molecule has 23 heavy (non-hydrogen) atoms. The van der Waals surface area contributed by atoms with Crippen molar-refractivity contribution < 1.29 is 13.6 Å². The van der Waals surface area contributed by atoms with Crippen molar-refractivity contribution in [3.8, 4) is 11.3 Å². The van der Waals surface area contributed by atoms with Crippen molar-refractivity contribution >= 4 is 11.6 Å². The van der Waals surface area contributed by atoms with E-state index in [9.17, 15) is 13.6 Å². The van der Waals surface area contributed by atoms with Gasteiger partial charge < -0.3 is 10.3 Å². The second kappa shape index (κ2) is 6.00. The number of nitrogens with zero attached hydrogens (tertiary/aromatic N) is 1. The lowest BCUT2D eigenvalue weighted by molar-refractivity contribution is 0.102. The van der Waals surface area contributed by atoms with Crippen LogP contribution >= 0.6 is 0 Å². The number of hydrogen-bond acceptors (Lipinski definition) is 2. The van der Waals surface area contributed by atoms with Gasteiger partial charge in [0.1, 0.15) is 17.5 Å². The van der Waals surface area contributed by atoms with Gasteiger partial charge in [-0.2, -0.15) is 0 Å². The number of aromatic nitrogens is 2. The number of aryl methyl sites for hydroxylation is 1. The van der Waals surface area contributed by atoms with E-state index in [1.54, 1.807) is 18.3 Å². The summed E-state index contributed by atoms with van der Waals surface area (Å²) in [7, 11) is 0. The first-order valence-corrected chi connectivity index (χ1v) is 6.91. The number of halogens is 2. The average molecular weight is 313 g/mol. The third-order valence-corrected chi connectivity index (χ3v) is 3.28. The maximum Gasteiger partial charge on any atom is 0.255 e. The van der Waals surface area contributed by atoms with Gasteiger partial charge in [-0.1, -0.05) is 12.1 Å². The predicted molar refractivity (Wildman–Crippen MR) is 83.1 cm³/mol. The number of anilines is 1. The van der Waals surface area contributed by atoms with Gasteiger partial charge in [0.2, 0.25) is 0 Å². The minimum atomic E-state index is -0.792. The van der Waals surface area contributed by atoms with Crippen molar-refractivity contribution in [1.82, 2.24) is 9.97 Å². The third kappa shape index (κ3) is 3.42. The number of rotatable bonds is 3. The summed E-state index contributed by atoms with van der Waals surface area (Å²) >= 11 is 0. The van der Waals surface area contributed by atoms with Crippen LogP contribution in [0.5, 0.6) is 0 Å². The summed E-state index contributed by atoms with van der Waals surface area (Å²) in [4.78, 5) is 19.2. The molecule has 0 saturated carbocycles. The van der Waals surface area contributed by atoms with E-state index in [0.29, 0.717) is 5.69 Å². The lowest BCUT2D eigenvalue weighted by Crippen LogP contribution is -2.12. The summed E-state index contributed by atoms with van der Waals surface area (Å²) < 4.78 is 26.3. The monoisotopic (exact) mass is 313 g/mol. The highest BCUT2D eigenvalue weighted by Gasteiger charge is 2.10. The predicted octanol–water partition coefficient (Wildman–Crippen LogP) is 3.92. The maximum atomic E-state index is 13.1. The largest absolute Gasteiger partial charge is 0.342 e. The van der Waals surface area contributed by atoms with Gasteiger partial charge in [-0.15, -0.1) is 0 Å². The van der Waals surface area contributed by atoms with E-state index in [1.807, 2.05) is 19.1 Å². The van der Waals surface area contributed by atoms with Crippen LogP contribution in [0.25, 0.3) is 11.3 Å². The molecule has 0 unspecified atom stereocenters. The molecule has 0 fully saturated rings. The Hall–Kier alpha value is -3.02. The van der Waals surface area contributed by atoms with E-state index in [4.69, 9.17) is 0 Å². The number of benzene rings is 2. The van der Waals surface area contributed by atoms with Gasteiger partial charge in [0.25, 0.3) is 5.91 Å². The van der Waals surface area contributed by atoms with Gasteiger partial charge >= 0.3 is 0 Å². The first kappa shape index (κ1) is 14.9. The van der Waals surface area contributed by atoms with Crippen LogP contribution < -0.4 is 5.32 Å². The van der Waals surface area contributed by atoms with Crippen molar-refractivity contribution in [3.05, 3.63) is 71.7 Å². The zero-order valence-corrected chi connectivity index (χ0v) is 12.2. The summed E-state index contributed by atoms with van der Waals surface area (Å²) in [6.07, 6.45) is 1.72. The Morgan fingerprint density at radius 1 is 1.09 bits per heavy atom. The fourth-order valence-electron chi connectivity index (χ4n) is 2.19. The molecule has 0 aliphatic heterocycles. The number of aromatic amines is 1. The highest BCUT2D eigenvalue weighted by atomic mass is 19.1. The van der Waals surface area contributed by atoms with E-state index in [0.717, 1.165) is 35.3 Å². The quantitative estimate of drug-likeness (QED) is 0.770. The van der Waals surface area contributed by atoms with Gasteiger partial charge in [0.05, 0.1) is 11.9 Å². The minimum absolute atomic E-state index is 0.0734. The molecule has 4 nitrogen and oxygen atoms in total. The average Bonchev–Trinajstić information content (AvgIpc) is 2.93. The Labute approximate surface area is 131 Å². The summed E-state index contributed by atoms with van der Waals surface area (Å²) in [5, 5.41) is 2.60. The van der Waals surface area contributed by atoms with E-state index in [1.165, 1.54) is 0 Å². The molecule has 2 aromatic carbocycles. The van der Waals surface area contributed by atoms with Gasteiger partial charge in [-0.25, -0.2) is 13.8 Å². The zero-order chi connectivity index (χ0) is 16.4. The molecule has 0 radical (unpaired) electrons. The molecule has 6 heteroatoms. The first-order chi connectivity index (χ1) is 11.0. The van der Waals surface area contributed by atoms with Crippen molar-refractivity contribution in [2.75, 3.05) is 5.32 Å². The molecule has 0 spiro atoms. The number of H-pyrrole nitrogens is 1. The third-order valence-electron chi connectivity index (χ3n) is 3.28. The molecule has 0 atom stereocenters. The SMILES string of the molecule is Cc1ncc(-c2ccc(NC(=O)c3cc(F)cc(F)c3)cc2)[nH]1. The van der Waals surface area contributed by atoms with E-state index < -0.39 is 17.5 Å². The van der Waals surface area contributed by atoms with Crippen LogP contribution in [-0.4, -0.2) is 15.9 Å². The highest BCUT2D eigenvalue weighted by Crippen LogP contribution is 2.20. The van der Waals surface area contributed by atoms with Crippen LogP contribution in [-0.2, 0) is 0 Å². The Kier molecular flexibility index (Phi) is 3.89. The van der Waals surface area contributed by atoms with Crippen molar-refractivity contribution in [2.24, 2.45) is 0 Å². The molecule has 1 heterocycles. The smallest absolute Gasteiger partial charge is 0.255 e. The van der Waals surface area contributed by atoms with Crippen molar-refractivity contribution in [1.29, 1.82) is 0 Å². The van der Waals surface area contributed by atoms with Crippen molar-refractivity contribution in [3.63, 3.8) is 0 Å². The lowest BCUT2D eigenvalue weighted by Gasteiger charge is -2.06. The van der Waals surface area contributed by atoms with Gasteiger partial charge in [-0.05, 0) is 36.8 Å². The number of carbonyl (C=O) groups is 1. The summed E-state index contributed by atoms with van der Waals surface area (Å²) in [5.41, 5.74) is 2.24. The molecule has 0 aliphatic carbocycles. The van der Waals surface area contributed by atoms with Crippen LogP contribution in [0.15, 0.2) is 48.7 Å². The Morgan fingerprint density at radius 2 is 1.74 bits per heavy atom. The maximum absolute atomic E-state index is 13.1. The minimum Gasteiger partial charge on any atom is -0.342 e. The molecule has 0 bridgehead atoms. The molecule has 2 N–H and O–H groups in total. The molecule has 3 aromatic rings. The van der Waals surface area contributed by atoms with Gasteiger partial charge in [0.15, 0.2) is 0 Å². The summed E-state index contributed by atoms with van der Waals surface area (Å²) in [5.74, 6) is -1.35. The molecule has 0 saturated heterocycles. The number of amides is 1. The molecule has 1 aromatic heterocycles. The fourth-order valence-corrected chi connectivity index (χ4v) is 2.19. The van der Waals surface area contributed by atoms with Crippen LogP contribution in [0.2, 0.25) is 0 Å². The van der Waals surface area contributed by atoms with Crippen LogP contribution in [0.4, 0.5) is 14.5 Å². The lowest BCUT2D eigenvalue weighted by atomic mass is 10.1. The van der Waals surface area contributed by atoms with Crippen molar-refractivity contribution in [2.45, 2.75) is 6.92 Å². The molecule has 3 rings (SSSR count). The van der Waals surface area contributed by atoms with E-state index in [-0.39, 0.29) is 5.56 Å². The second-order valence-electron chi connectivity index (χ2n) is 5.07. The zero-order valence-electron chi connectivity index (χ0n) is 12.2. The number of imidazole rings is 1. The normalized spacial score (nSPS) is 10.6. The topological polar surface area (TPSA) is 57.8 Å². The van der Waals surface area contributed by atoms with Crippen LogP contribution in [0.1, 0.15) is 16.2 Å². The molecule has 1 amide bonds. The Bertz CT molecular complexity index is 836. The highest BCUT2D eigenvalue weighted by molar-refractivity contribution is 6.04. The second-order valence-corrected chi connectivity index (χ2v) is 5.07. The fraction of sp³-hybridized carbons (Fsp3) is 0.0588. The van der Waals surface area contributed by atoms with E-state index in [2.05, 4.69) is 15.3 Å². The standard InChI is InChI=1S/C17H13F2N3O/c1-10-20-9-16(21-10)11-2-4-15(5-3-11)22-17(23)12-6-13(18)8-14(19)7-12/h2-9H,1H3,(H,20,21)(H,22,23). The molecular weight excluding hydrogens is 300 g/mol. The van der Waals surface area contributed by atoms with Crippen LogP contribution in [0.3, 0.4) is 0 Å².